The molecule has 0 aromatic heterocycles. The molecule has 1 saturated heterocycles. The van der Waals surface area contributed by atoms with Crippen LogP contribution < -0.4 is 0 Å². The SMILES string of the molecule is COCC1CCCN(C(C)(C)C)C1. The lowest BCUT2D eigenvalue weighted by Gasteiger charge is -2.41. The molecule has 0 bridgehead atoms. The van der Waals surface area contributed by atoms with Gasteiger partial charge in [-0.3, -0.25) is 4.90 Å². The van der Waals surface area contributed by atoms with Crippen molar-refractivity contribution in [2.24, 2.45) is 5.92 Å². The molecule has 0 N–H and O–H groups in total. The summed E-state index contributed by atoms with van der Waals surface area (Å²) in [6.07, 6.45) is 2.66. The Morgan fingerprint density at radius 1 is 1.38 bits per heavy atom. The number of rotatable bonds is 2. The van der Waals surface area contributed by atoms with E-state index in [0.717, 1.165) is 12.5 Å². The molecule has 78 valence electrons. The standard InChI is InChI=1S/C11H23NO/c1-11(2,3)12-7-5-6-10(8-12)9-13-4/h10H,5-9H2,1-4H3. The predicted octanol–water partition coefficient (Wildman–Crippen LogP) is 2.14. The van der Waals surface area contributed by atoms with Crippen LogP contribution in [0, 0.1) is 5.92 Å². The molecule has 1 atom stereocenters. The smallest absolute Gasteiger partial charge is 0.0502 e. The second kappa shape index (κ2) is 4.43. The van der Waals surface area contributed by atoms with Crippen molar-refractivity contribution < 1.29 is 4.74 Å². The van der Waals surface area contributed by atoms with Crippen molar-refractivity contribution in [2.75, 3.05) is 26.8 Å². The van der Waals surface area contributed by atoms with Crippen LogP contribution >= 0.6 is 0 Å². The van der Waals surface area contributed by atoms with E-state index in [-0.39, 0.29) is 0 Å². The summed E-state index contributed by atoms with van der Waals surface area (Å²) in [4.78, 5) is 2.57. The zero-order valence-corrected chi connectivity index (χ0v) is 9.47. The number of hydrogen-bond donors (Lipinski definition) is 0. The van der Waals surface area contributed by atoms with Gasteiger partial charge < -0.3 is 4.74 Å². The molecule has 1 unspecified atom stereocenters. The van der Waals surface area contributed by atoms with Gasteiger partial charge in [0.1, 0.15) is 0 Å². The quantitative estimate of drug-likeness (QED) is 0.653. The first-order valence-electron chi connectivity index (χ1n) is 5.28. The van der Waals surface area contributed by atoms with Crippen LogP contribution in [0.4, 0.5) is 0 Å². The first-order valence-corrected chi connectivity index (χ1v) is 5.28. The van der Waals surface area contributed by atoms with E-state index in [2.05, 4.69) is 25.7 Å². The van der Waals surface area contributed by atoms with Crippen molar-refractivity contribution in [2.45, 2.75) is 39.2 Å². The van der Waals surface area contributed by atoms with Gasteiger partial charge in [-0.2, -0.15) is 0 Å². The number of piperidine rings is 1. The molecule has 0 aliphatic carbocycles. The van der Waals surface area contributed by atoms with E-state index in [1.165, 1.54) is 25.9 Å². The summed E-state index contributed by atoms with van der Waals surface area (Å²) >= 11 is 0. The Morgan fingerprint density at radius 2 is 2.08 bits per heavy atom. The lowest BCUT2D eigenvalue weighted by Crippen LogP contribution is -2.48. The van der Waals surface area contributed by atoms with E-state index in [4.69, 9.17) is 4.74 Å². The van der Waals surface area contributed by atoms with Crippen LogP contribution in [0.1, 0.15) is 33.6 Å². The van der Waals surface area contributed by atoms with E-state index in [0.29, 0.717) is 5.54 Å². The molecule has 1 aliphatic heterocycles. The lowest BCUT2D eigenvalue weighted by molar-refractivity contribution is 0.0433. The van der Waals surface area contributed by atoms with E-state index in [9.17, 15) is 0 Å². The average Bonchev–Trinajstić information content (AvgIpc) is 2.04. The molecule has 0 radical (unpaired) electrons. The van der Waals surface area contributed by atoms with Crippen LogP contribution in [-0.4, -0.2) is 37.2 Å². The molecule has 13 heavy (non-hydrogen) atoms. The Labute approximate surface area is 82.3 Å². The third kappa shape index (κ3) is 3.28. The normalized spacial score (nSPS) is 26.3. The maximum atomic E-state index is 5.22. The topological polar surface area (TPSA) is 12.5 Å². The Balaban J connectivity index is 2.42. The third-order valence-electron chi connectivity index (χ3n) is 2.87. The highest BCUT2D eigenvalue weighted by atomic mass is 16.5. The molecule has 0 spiro atoms. The van der Waals surface area contributed by atoms with Crippen LogP contribution in [0.3, 0.4) is 0 Å². The van der Waals surface area contributed by atoms with Crippen molar-refractivity contribution in [1.29, 1.82) is 0 Å². The maximum absolute atomic E-state index is 5.22. The predicted molar refractivity (Wildman–Crippen MR) is 55.9 cm³/mol. The molecule has 2 heteroatoms. The van der Waals surface area contributed by atoms with E-state index in [1.807, 2.05) is 0 Å². The summed E-state index contributed by atoms with van der Waals surface area (Å²) in [5.41, 5.74) is 0.326. The molecule has 1 aliphatic rings. The summed E-state index contributed by atoms with van der Waals surface area (Å²) in [5.74, 6) is 0.748. The fraction of sp³-hybridized carbons (Fsp3) is 1.00. The fourth-order valence-corrected chi connectivity index (χ4v) is 2.05. The van der Waals surface area contributed by atoms with Crippen LogP contribution in [0.25, 0.3) is 0 Å². The Kier molecular flexibility index (Phi) is 3.74. The zero-order valence-electron chi connectivity index (χ0n) is 9.47. The highest BCUT2D eigenvalue weighted by Crippen LogP contribution is 2.23. The molecule has 1 fully saturated rings. The second-order valence-corrected chi connectivity index (χ2v) is 5.08. The number of nitrogens with zero attached hydrogens (tertiary/aromatic N) is 1. The van der Waals surface area contributed by atoms with Gasteiger partial charge in [-0.05, 0) is 46.1 Å². The van der Waals surface area contributed by atoms with Crippen molar-refractivity contribution in [3.8, 4) is 0 Å². The number of methoxy groups -OCH3 is 1. The molecule has 0 aromatic carbocycles. The zero-order chi connectivity index (χ0) is 9.90. The number of hydrogen-bond acceptors (Lipinski definition) is 2. The fourth-order valence-electron chi connectivity index (χ4n) is 2.05. The highest BCUT2D eigenvalue weighted by Gasteiger charge is 2.27. The minimum atomic E-state index is 0.326. The highest BCUT2D eigenvalue weighted by molar-refractivity contribution is 4.82. The largest absolute Gasteiger partial charge is 0.384 e. The van der Waals surface area contributed by atoms with Crippen LogP contribution in [0.5, 0.6) is 0 Å². The first kappa shape index (κ1) is 11.0. The molecular weight excluding hydrogens is 162 g/mol. The monoisotopic (exact) mass is 185 g/mol. The Bertz CT molecular complexity index is 149. The van der Waals surface area contributed by atoms with Gasteiger partial charge in [-0.25, -0.2) is 0 Å². The van der Waals surface area contributed by atoms with Crippen LogP contribution in [0.2, 0.25) is 0 Å². The second-order valence-electron chi connectivity index (χ2n) is 5.08. The van der Waals surface area contributed by atoms with Crippen LogP contribution in [-0.2, 0) is 4.74 Å². The van der Waals surface area contributed by atoms with Crippen molar-refractivity contribution in [1.82, 2.24) is 4.90 Å². The van der Waals surface area contributed by atoms with Crippen molar-refractivity contribution in [3.05, 3.63) is 0 Å². The van der Waals surface area contributed by atoms with Gasteiger partial charge in [0.25, 0.3) is 0 Å². The summed E-state index contributed by atoms with van der Waals surface area (Å²) in [6, 6.07) is 0. The third-order valence-corrected chi connectivity index (χ3v) is 2.87. The molecule has 1 rings (SSSR count). The summed E-state index contributed by atoms with van der Waals surface area (Å²) in [5, 5.41) is 0. The minimum absolute atomic E-state index is 0.326. The number of ether oxygens (including phenoxy) is 1. The lowest BCUT2D eigenvalue weighted by atomic mass is 9.94. The van der Waals surface area contributed by atoms with E-state index >= 15 is 0 Å². The van der Waals surface area contributed by atoms with Crippen LogP contribution in [0.15, 0.2) is 0 Å². The van der Waals surface area contributed by atoms with Gasteiger partial charge in [0.2, 0.25) is 0 Å². The minimum Gasteiger partial charge on any atom is -0.384 e. The molecule has 0 saturated carbocycles. The van der Waals surface area contributed by atoms with E-state index < -0.39 is 0 Å². The molecule has 1 heterocycles. The first-order chi connectivity index (χ1) is 6.04. The van der Waals surface area contributed by atoms with E-state index in [1.54, 1.807) is 7.11 Å². The Hall–Kier alpha value is -0.0800. The molecular formula is C11H23NO. The van der Waals surface area contributed by atoms with Crippen molar-refractivity contribution >= 4 is 0 Å². The molecule has 2 nitrogen and oxygen atoms in total. The van der Waals surface area contributed by atoms with Gasteiger partial charge in [0.05, 0.1) is 6.61 Å². The average molecular weight is 185 g/mol. The summed E-state index contributed by atoms with van der Waals surface area (Å²) in [7, 11) is 1.80. The molecule has 0 aromatic rings. The molecule has 0 amide bonds. The van der Waals surface area contributed by atoms with Gasteiger partial charge >= 0.3 is 0 Å². The summed E-state index contributed by atoms with van der Waals surface area (Å²) < 4.78 is 5.22. The number of likely N-dealkylation sites (tertiary alicyclic amines) is 1. The van der Waals surface area contributed by atoms with Gasteiger partial charge in [-0.15, -0.1) is 0 Å². The van der Waals surface area contributed by atoms with Crippen molar-refractivity contribution in [3.63, 3.8) is 0 Å². The summed E-state index contributed by atoms with van der Waals surface area (Å²) in [6.45, 7) is 10.3. The Morgan fingerprint density at radius 3 is 2.62 bits per heavy atom. The van der Waals surface area contributed by atoms with Gasteiger partial charge in [0.15, 0.2) is 0 Å². The van der Waals surface area contributed by atoms with Gasteiger partial charge in [0, 0.05) is 19.2 Å². The maximum Gasteiger partial charge on any atom is 0.0502 e. The van der Waals surface area contributed by atoms with Gasteiger partial charge in [-0.1, -0.05) is 0 Å².